The van der Waals surface area contributed by atoms with E-state index in [4.69, 9.17) is 0 Å². The Balaban J connectivity index is 2.07. The molecule has 2 N–H and O–H groups in total. The molecule has 1 aliphatic heterocycles. The molecule has 1 heterocycles. The maximum atomic E-state index is 12.1. The minimum atomic E-state index is 0.0780. The van der Waals surface area contributed by atoms with Gasteiger partial charge in [0.15, 0.2) is 0 Å². The maximum Gasteiger partial charge on any atom is 0.229 e. The fourth-order valence-electron chi connectivity index (χ4n) is 2.20. The van der Waals surface area contributed by atoms with E-state index in [1.165, 1.54) is 0 Å². The van der Waals surface area contributed by atoms with E-state index in [0.29, 0.717) is 5.92 Å². The number of hydrogen-bond acceptors (Lipinski definition) is 2. The van der Waals surface area contributed by atoms with Gasteiger partial charge < -0.3 is 10.6 Å². The average molecular weight is 297 g/mol. The standard InChI is InChI=1S/C13H17BrN2O/c1-8-3-10(14)5-11(4-8)16-13(17)12-7-15-6-9(12)2/h3-5,9,12,15H,6-7H2,1-2H3,(H,16,17)/t9-,12-/m1/s1. The average Bonchev–Trinajstić information content (AvgIpc) is 2.62. The number of rotatable bonds is 2. The molecule has 2 rings (SSSR count). The molecule has 3 nitrogen and oxygen atoms in total. The van der Waals surface area contributed by atoms with Crippen molar-refractivity contribution >= 4 is 27.5 Å². The lowest BCUT2D eigenvalue weighted by atomic mass is 9.97. The quantitative estimate of drug-likeness (QED) is 0.881. The van der Waals surface area contributed by atoms with Crippen molar-refractivity contribution in [2.45, 2.75) is 13.8 Å². The van der Waals surface area contributed by atoms with Gasteiger partial charge in [-0.15, -0.1) is 0 Å². The van der Waals surface area contributed by atoms with Crippen LogP contribution in [0.1, 0.15) is 12.5 Å². The Labute approximate surface area is 110 Å². The van der Waals surface area contributed by atoms with Crippen molar-refractivity contribution in [2.75, 3.05) is 18.4 Å². The number of carbonyl (C=O) groups is 1. The zero-order valence-corrected chi connectivity index (χ0v) is 11.7. The van der Waals surface area contributed by atoms with Crippen LogP contribution in [0.15, 0.2) is 22.7 Å². The first-order valence-electron chi connectivity index (χ1n) is 5.85. The van der Waals surface area contributed by atoms with Gasteiger partial charge in [-0.05, 0) is 43.1 Å². The number of amides is 1. The Hall–Kier alpha value is -0.870. The third-order valence-corrected chi connectivity index (χ3v) is 3.62. The second-order valence-electron chi connectivity index (χ2n) is 4.75. The van der Waals surface area contributed by atoms with Crippen LogP contribution in [0, 0.1) is 18.8 Å². The number of carbonyl (C=O) groups excluding carboxylic acids is 1. The summed E-state index contributed by atoms with van der Waals surface area (Å²) in [5.41, 5.74) is 1.99. The van der Waals surface area contributed by atoms with Crippen LogP contribution in [0.5, 0.6) is 0 Å². The zero-order valence-electron chi connectivity index (χ0n) is 10.1. The molecule has 0 radical (unpaired) electrons. The molecule has 4 heteroatoms. The fourth-order valence-corrected chi connectivity index (χ4v) is 2.81. The van der Waals surface area contributed by atoms with E-state index in [1.807, 2.05) is 25.1 Å². The third-order valence-electron chi connectivity index (χ3n) is 3.16. The fraction of sp³-hybridized carbons (Fsp3) is 0.462. The van der Waals surface area contributed by atoms with Gasteiger partial charge in [0.25, 0.3) is 0 Å². The molecular formula is C13H17BrN2O. The molecule has 1 aliphatic rings. The molecule has 1 amide bonds. The van der Waals surface area contributed by atoms with Crippen LogP contribution in [-0.2, 0) is 4.79 Å². The summed E-state index contributed by atoms with van der Waals surface area (Å²) >= 11 is 3.43. The van der Waals surface area contributed by atoms with E-state index >= 15 is 0 Å². The first-order valence-corrected chi connectivity index (χ1v) is 6.64. The molecular weight excluding hydrogens is 280 g/mol. The highest BCUT2D eigenvalue weighted by molar-refractivity contribution is 9.10. The molecule has 1 saturated heterocycles. The van der Waals surface area contributed by atoms with Crippen molar-refractivity contribution in [3.63, 3.8) is 0 Å². The summed E-state index contributed by atoms with van der Waals surface area (Å²) in [6.07, 6.45) is 0. The summed E-state index contributed by atoms with van der Waals surface area (Å²) < 4.78 is 0.991. The molecule has 92 valence electrons. The summed E-state index contributed by atoms with van der Waals surface area (Å²) in [7, 11) is 0. The highest BCUT2D eigenvalue weighted by Crippen LogP contribution is 2.22. The van der Waals surface area contributed by atoms with Gasteiger partial charge in [0, 0.05) is 16.7 Å². The molecule has 0 spiro atoms. The van der Waals surface area contributed by atoms with Gasteiger partial charge in [0.1, 0.15) is 0 Å². The van der Waals surface area contributed by atoms with Crippen molar-refractivity contribution in [3.8, 4) is 0 Å². The highest BCUT2D eigenvalue weighted by atomic mass is 79.9. The number of nitrogens with one attached hydrogen (secondary N) is 2. The second kappa shape index (κ2) is 5.19. The summed E-state index contributed by atoms with van der Waals surface area (Å²) in [6, 6.07) is 5.93. The number of benzene rings is 1. The molecule has 0 aromatic heterocycles. The first-order chi connectivity index (χ1) is 8.06. The lowest BCUT2D eigenvalue weighted by Crippen LogP contribution is -2.27. The number of halogens is 1. The van der Waals surface area contributed by atoms with Crippen molar-refractivity contribution in [3.05, 3.63) is 28.2 Å². The third kappa shape index (κ3) is 3.07. The Morgan fingerprint density at radius 1 is 1.41 bits per heavy atom. The van der Waals surface area contributed by atoms with Crippen LogP contribution in [0.2, 0.25) is 0 Å². The molecule has 0 bridgehead atoms. The lowest BCUT2D eigenvalue weighted by molar-refractivity contribution is -0.120. The van der Waals surface area contributed by atoms with E-state index in [1.54, 1.807) is 0 Å². The van der Waals surface area contributed by atoms with Crippen LogP contribution in [0.4, 0.5) is 5.69 Å². The van der Waals surface area contributed by atoms with E-state index in [0.717, 1.165) is 28.8 Å². The monoisotopic (exact) mass is 296 g/mol. The Kier molecular flexibility index (Phi) is 3.84. The van der Waals surface area contributed by atoms with Crippen molar-refractivity contribution in [2.24, 2.45) is 11.8 Å². The van der Waals surface area contributed by atoms with Crippen LogP contribution in [0.3, 0.4) is 0 Å². The topological polar surface area (TPSA) is 41.1 Å². The van der Waals surface area contributed by atoms with Crippen molar-refractivity contribution < 1.29 is 4.79 Å². The molecule has 0 unspecified atom stereocenters. The normalized spacial score (nSPS) is 23.7. The van der Waals surface area contributed by atoms with Crippen LogP contribution in [-0.4, -0.2) is 19.0 Å². The smallest absolute Gasteiger partial charge is 0.229 e. The minimum Gasteiger partial charge on any atom is -0.326 e. The molecule has 1 fully saturated rings. The number of anilines is 1. The Morgan fingerprint density at radius 2 is 2.18 bits per heavy atom. The number of aryl methyl sites for hydroxylation is 1. The zero-order chi connectivity index (χ0) is 12.4. The SMILES string of the molecule is Cc1cc(Br)cc(NC(=O)[C@@H]2CNC[C@H]2C)c1. The summed E-state index contributed by atoms with van der Waals surface area (Å²) in [5.74, 6) is 0.595. The van der Waals surface area contributed by atoms with E-state index in [-0.39, 0.29) is 11.8 Å². The van der Waals surface area contributed by atoms with Gasteiger partial charge in [-0.1, -0.05) is 22.9 Å². The largest absolute Gasteiger partial charge is 0.326 e. The van der Waals surface area contributed by atoms with E-state index < -0.39 is 0 Å². The summed E-state index contributed by atoms with van der Waals surface area (Å²) in [4.78, 5) is 12.1. The van der Waals surface area contributed by atoms with Crippen molar-refractivity contribution in [1.29, 1.82) is 0 Å². The molecule has 0 saturated carbocycles. The predicted molar refractivity (Wildman–Crippen MR) is 73.0 cm³/mol. The molecule has 17 heavy (non-hydrogen) atoms. The summed E-state index contributed by atoms with van der Waals surface area (Å²) in [5, 5.41) is 6.23. The Bertz CT molecular complexity index is 413. The van der Waals surface area contributed by atoms with Gasteiger partial charge in [-0.3, -0.25) is 4.79 Å². The molecule has 1 aromatic rings. The minimum absolute atomic E-state index is 0.0780. The first kappa shape index (κ1) is 12.6. The molecule has 0 aliphatic carbocycles. The molecule has 1 aromatic carbocycles. The second-order valence-corrected chi connectivity index (χ2v) is 5.66. The number of hydrogen-bond donors (Lipinski definition) is 2. The molecule has 2 atom stereocenters. The van der Waals surface area contributed by atoms with Gasteiger partial charge >= 0.3 is 0 Å². The maximum absolute atomic E-state index is 12.1. The Morgan fingerprint density at radius 3 is 2.76 bits per heavy atom. The van der Waals surface area contributed by atoms with Gasteiger partial charge in [-0.25, -0.2) is 0 Å². The van der Waals surface area contributed by atoms with Crippen molar-refractivity contribution in [1.82, 2.24) is 5.32 Å². The van der Waals surface area contributed by atoms with Gasteiger partial charge in [-0.2, -0.15) is 0 Å². The van der Waals surface area contributed by atoms with Crippen LogP contribution in [0.25, 0.3) is 0 Å². The van der Waals surface area contributed by atoms with Gasteiger partial charge in [0.2, 0.25) is 5.91 Å². The van der Waals surface area contributed by atoms with Gasteiger partial charge in [0.05, 0.1) is 5.92 Å². The van der Waals surface area contributed by atoms with E-state index in [2.05, 4.69) is 33.5 Å². The van der Waals surface area contributed by atoms with Crippen LogP contribution < -0.4 is 10.6 Å². The van der Waals surface area contributed by atoms with Crippen LogP contribution >= 0.6 is 15.9 Å². The summed E-state index contributed by atoms with van der Waals surface area (Å²) in [6.45, 7) is 5.83. The lowest BCUT2D eigenvalue weighted by Gasteiger charge is -2.14. The predicted octanol–water partition coefficient (Wildman–Crippen LogP) is 2.55. The highest BCUT2D eigenvalue weighted by Gasteiger charge is 2.29. The van der Waals surface area contributed by atoms with E-state index in [9.17, 15) is 4.79 Å².